The van der Waals surface area contributed by atoms with Gasteiger partial charge >= 0.3 is 6.18 Å². The fourth-order valence-corrected chi connectivity index (χ4v) is 0.364. The summed E-state index contributed by atoms with van der Waals surface area (Å²) < 4.78 is 34.8. The number of hydrogen-bond donors (Lipinski definition) is 1. The molecular weight excluding hydrogens is 145 g/mol. The maximum Gasteiger partial charge on any atom is 0.404 e. The highest BCUT2D eigenvalue weighted by atomic mass is 19.4. The van der Waals surface area contributed by atoms with Crippen LogP contribution in [0.15, 0.2) is 0 Å². The molecule has 5 heteroatoms. The average molecular weight is 152 g/mol. The first-order valence-electron chi connectivity index (χ1n) is 2.61. The van der Waals surface area contributed by atoms with Crippen LogP contribution in [-0.4, -0.2) is 12.2 Å². The number of nitriles is 1. The molecule has 0 aliphatic heterocycles. The van der Waals surface area contributed by atoms with Gasteiger partial charge in [0.2, 0.25) is 0 Å². The van der Waals surface area contributed by atoms with E-state index in [1.54, 1.807) is 0 Å². The van der Waals surface area contributed by atoms with Crippen molar-refractivity contribution < 1.29 is 13.2 Å². The molecule has 0 fully saturated rings. The van der Waals surface area contributed by atoms with Crippen molar-refractivity contribution in [2.75, 3.05) is 0 Å². The standard InChI is InChI=1S/C5H7F3N2/c1-3(2-9)4(10)5(6,7)8/h3-4H,10H2,1H3. The molecule has 0 aliphatic rings. The zero-order chi connectivity index (χ0) is 8.36. The fourth-order valence-electron chi connectivity index (χ4n) is 0.364. The van der Waals surface area contributed by atoms with Gasteiger partial charge in [-0.2, -0.15) is 18.4 Å². The summed E-state index contributed by atoms with van der Waals surface area (Å²) in [6.45, 7) is 1.14. The summed E-state index contributed by atoms with van der Waals surface area (Å²) in [5.74, 6) is -1.18. The summed E-state index contributed by atoms with van der Waals surface area (Å²) >= 11 is 0. The molecule has 0 bridgehead atoms. The predicted molar refractivity (Wildman–Crippen MR) is 28.8 cm³/mol. The summed E-state index contributed by atoms with van der Waals surface area (Å²) in [7, 11) is 0. The number of nitrogens with two attached hydrogens (primary N) is 1. The van der Waals surface area contributed by atoms with Crippen LogP contribution >= 0.6 is 0 Å². The van der Waals surface area contributed by atoms with Crippen molar-refractivity contribution in [1.29, 1.82) is 5.26 Å². The Morgan fingerprint density at radius 2 is 1.90 bits per heavy atom. The smallest absolute Gasteiger partial charge is 0.319 e. The highest BCUT2D eigenvalue weighted by Crippen LogP contribution is 2.22. The van der Waals surface area contributed by atoms with E-state index in [0.717, 1.165) is 6.92 Å². The number of nitrogens with zero attached hydrogens (tertiary/aromatic N) is 1. The van der Waals surface area contributed by atoms with Crippen molar-refractivity contribution in [2.24, 2.45) is 11.7 Å². The lowest BCUT2D eigenvalue weighted by molar-refractivity contribution is -0.153. The van der Waals surface area contributed by atoms with E-state index < -0.39 is 18.1 Å². The van der Waals surface area contributed by atoms with Gasteiger partial charge in [-0.05, 0) is 6.92 Å². The Labute approximate surface area is 56.4 Å². The maximum absolute atomic E-state index is 11.6. The molecule has 0 aromatic carbocycles. The largest absolute Gasteiger partial charge is 0.404 e. The molecule has 2 nitrogen and oxygen atoms in total. The van der Waals surface area contributed by atoms with Crippen molar-refractivity contribution >= 4 is 0 Å². The Bertz CT molecular complexity index is 146. The van der Waals surface area contributed by atoms with Gasteiger partial charge in [0, 0.05) is 0 Å². The highest BCUT2D eigenvalue weighted by molar-refractivity contribution is 4.90. The molecule has 0 aromatic heterocycles. The van der Waals surface area contributed by atoms with E-state index in [0.29, 0.717) is 0 Å². The second-order valence-electron chi connectivity index (χ2n) is 1.99. The lowest BCUT2D eigenvalue weighted by atomic mass is 10.1. The Hall–Kier alpha value is -0.760. The molecule has 0 saturated carbocycles. The molecule has 2 unspecified atom stereocenters. The monoisotopic (exact) mass is 152 g/mol. The van der Waals surface area contributed by atoms with Crippen LogP contribution in [0.2, 0.25) is 0 Å². The van der Waals surface area contributed by atoms with Crippen molar-refractivity contribution in [2.45, 2.75) is 19.1 Å². The number of alkyl halides is 3. The molecule has 0 aromatic rings. The normalized spacial score (nSPS) is 17.6. The van der Waals surface area contributed by atoms with Gasteiger partial charge in [-0.25, -0.2) is 0 Å². The Kier molecular flexibility index (Phi) is 2.66. The highest BCUT2D eigenvalue weighted by Gasteiger charge is 2.40. The van der Waals surface area contributed by atoms with Crippen LogP contribution in [0, 0.1) is 17.2 Å². The molecule has 0 saturated heterocycles. The van der Waals surface area contributed by atoms with Gasteiger partial charge in [0.05, 0.1) is 12.0 Å². The van der Waals surface area contributed by atoms with Gasteiger partial charge in [0.1, 0.15) is 6.04 Å². The lowest BCUT2D eigenvalue weighted by Gasteiger charge is -2.16. The SMILES string of the molecule is CC(C#N)C(N)C(F)(F)F. The lowest BCUT2D eigenvalue weighted by Crippen LogP contribution is -2.42. The van der Waals surface area contributed by atoms with Gasteiger partial charge < -0.3 is 5.73 Å². The zero-order valence-electron chi connectivity index (χ0n) is 5.31. The van der Waals surface area contributed by atoms with Crippen molar-refractivity contribution in [3.8, 4) is 6.07 Å². The average Bonchev–Trinajstić information content (AvgIpc) is 1.83. The molecule has 2 N–H and O–H groups in total. The molecule has 58 valence electrons. The topological polar surface area (TPSA) is 49.8 Å². The first kappa shape index (κ1) is 9.24. The third-order valence-corrected chi connectivity index (χ3v) is 1.12. The van der Waals surface area contributed by atoms with Gasteiger partial charge in [-0.1, -0.05) is 0 Å². The van der Waals surface area contributed by atoms with E-state index in [1.807, 2.05) is 0 Å². The summed E-state index contributed by atoms with van der Waals surface area (Å²) in [5.41, 5.74) is 4.66. The molecule has 0 aliphatic carbocycles. The molecule has 0 amide bonds. The number of rotatable bonds is 1. The van der Waals surface area contributed by atoms with Crippen LogP contribution in [0.25, 0.3) is 0 Å². The van der Waals surface area contributed by atoms with Crippen LogP contribution in [0.4, 0.5) is 13.2 Å². The minimum atomic E-state index is -4.46. The zero-order valence-corrected chi connectivity index (χ0v) is 5.31. The Morgan fingerprint density at radius 1 is 1.50 bits per heavy atom. The molecule has 2 atom stereocenters. The van der Waals surface area contributed by atoms with Crippen LogP contribution in [0.1, 0.15) is 6.92 Å². The van der Waals surface area contributed by atoms with Gasteiger partial charge in [0.25, 0.3) is 0 Å². The van der Waals surface area contributed by atoms with E-state index in [2.05, 4.69) is 5.73 Å². The second-order valence-corrected chi connectivity index (χ2v) is 1.99. The minimum Gasteiger partial charge on any atom is -0.319 e. The summed E-state index contributed by atoms with van der Waals surface area (Å²) in [4.78, 5) is 0. The molecular formula is C5H7F3N2. The van der Waals surface area contributed by atoms with Crippen molar-refractivity contribution in [1.82, 2.24) is 0 Å². The van der Waals surface area contributed by atoms with E-state index in [4.69, 9.17) is 5.26 Å². The fraction of sp³-hybridized carbons (Fsp3) is 0.800. The number of hydrogen-bond acceptors (Lipinski definition) is 2. The molecule has 0 heterocycles. The predicted octanol–water partition coefficient (Wildman–Crippen LogP) is 1.04. The quantitative estimate of drug-likeness (QED) is 0.610. The summed E-state index contributed by atoms with van der Waals surface area (Å²) in [5, 5.41) is 8.04. The number of halogens is 3. The van der Waals surface area contributed by atoms with E-state index in [9.17, 15) is 13.2 Å². The van der Waals surface area contributed by atoms with E-state index in [1.165, 1.54) is 6.07 Å². The second kappa shape index (κ2) is 2.88. The van der Waals surface area contributed by atoms with E-state index >= 15 is 0 Å². The van der Waals surface area contributed by atoms with E-state index in [-0.39, 0.29) is 0 Å². The molecule has 0 rings (SSSR count). The Balaban J connectivity index is 4.11. The van der Waals surface area contributed by atoms with Gasteiger partial charge in [0.15, 0.2) is 0 Å². The van der Waals surface area contributed by atoms with Crippen LogP contribution in [0.5, 0.6) is 0 Å². The summed E-state index contributed by atoms with van der Waals surface area (Å²) in [6.07, 6.45) is -4.46. The van der Waals surface area contributed by atoms with Crippen LogP contribution < -0.4 is 5.73 Å². The Morgan fingerprint density at radius 3 is 2.00 bits per heavy atom. The van der Waals surface area contributed by atoms with Crippen molar-refractivity contribution in [3.05, 3.63) is 0 Å². The van der Waals surface area contributed by atoms with Crippen LogP contribution in [0.3, 0.4) is 0 Å². The molecule has 10 heavy (non-hydrogen) atoms. The molecule has 0 radical (unpaired) electrons. The summed E-state index contributed by atoms with van der Waals surface area (Å²) in [6, 6.07) is -0.604. The van der Waals surface area contributed by atoms with Crippen molar-refractivity contribution in [3.63, 3.8) is 0 Å². The minimum absolute atomic E-state index is 1.14. The molecule has 0 spiro atoms. The van der Waals surface area contributed by atoms with Gasteiger partial charge in [-0.3, -0.25) is 0 Å². The first-order valence-corrected chi connectivity index (χ1v) is 2.61. The third kappa shape index (κ3) is 2.23. The third-order valence-electron chi connectivity index (χ3n) is 1.12. The van der Waals surface area contributed by atoms with Gasteiger partial charge in [-0.15, -0.1) is 0 Å². The first-order chi connectivity index (χ1) is 4.39. The van der Waals surface area contributed by atoms with Crippen LogP contribution in [-0.2, 0) is 0 Å². The maximum atomic E-state index is 11.6.